The van der Waals surface area contributed by atoms with Crippen LogP contribution >= 0.6 is 0 Å². The third-order valence-corrected chi connectivity index (χ3v) is 4.74. The average Bonchev–Trinajstić information content (AvgIpc) is 3.14. The molecule has 0 amide bonds. The van der Waals surface area contributed by atoms with E-state index < -0.39 is 0 Å². The predicted molar refractivity (Wildman–Crippen MR) is 82.0 cm³/mol. The number of hydrogen-bond acceptors (Lipinski definition) is 4. The van der Waals surface area contributed by atoms with Crippen molar-refractivity contribution in [1.82, 2.24) is 5.32 Å². The number of rotatable bonds is 6. The summed E-state index contributed by atoms with van der Waals surface area (Å²) < 4.78 is 16.7. The summed E-state index contributed by atoms with van der Waals surface area (Å²) in [7, 11) is 3.35. The molecular formula is C17H25NO3. The van der Waals surface area contributed by atoms with Crippen LogP contribution in [-0.2, 0) is 4.74 Å². The summed E-state index contributed by atoms with van der Waals surface area (Å²) in [6.45, 7) is 2.21. The van der Waals surface area contributed by atoms with E-state index in [4.69, 9.17) is 14.2 Å². The summed E-state index contributed by atoms with van der Waals surface area (Å²) in [5, 5.41) is 3.78. The second-order valence-corrected chi connectivity index (χ2v) is 5.96. The molecule has 1 aromatic carbocycles. The molecule has 116 valence electrons. The van der Waals surface area contributed by atoms with Gasteiger partial charge < -0.3 is 19.5 Å². The summed E-state index contributed by atoms with van der Waals surface area (Å²) >= 11 is 0. The molecule has 2 fully saturated rings. The molecule has 0 aromatic heterocycles. The van der Waals surface area contributed by atoms with Gasteiger partial charge in [-0.3, -0.25) is 0 Å². The van der Waals surface area contributed by atoms with E-state index in [9.17, 15) is 0 Å². The minimum absolute atomic E-state index is 0.331. The van der Waals surface area contributed by atoms with E-state index in [-0.39, 0.29) is 0 Å². The molecule has 0 spiro atoms. The number of methoxy groups -OCH3 is 2. The molecule has 4 atom stereocenters. The van der Waals surface area contributed by atoms with Gasteiger partial charge in [-0.2, -0.15) is 0 Å². The maximum Gasteiger partial charge on any atom is 0.161 e. The molecule has 4 nitrogen and oxygen atoms in total. The van der Waals surface area contributed by atoms with Crippen molar-refractivity contribution in [1.29, 1.82) is 0 Å². The summed E-state index contributed by atoms with van der Waals surface area (Å²) in [5.41, 5.74) is 1.25. The summed E-state index contributed by atoms with van der Waals surface area (Å²) in [6.07, 6.45) is 5.51. The van der Waals surface area contributed by atoms with Gasteiger partial charge >= 0.3 is 0 Å². The zero-order chi connectivity index (χ0) is 14.8. The molecule has 4 unspecified atom stereocenters. The van der Waals surface area contributed by atoms with Crippen molar-refractivity contribution >= 4 is 0 Å². The largest absolute Gasteiger partial charge is 0.493 e. The molecule has 3 rings (SSSR count). The summed E-state index contributed by atoms with van der Waals surface area (Å²) in [6, 6.07) is 7.00. The molecule has 2 heterocycles. The third kappa shape index (κ3) is 2.87. The molecule has 4 heteroatoms. The van der Waals surface area contributed by atoms with E-state index in [1.165, 1.54) is 18.4 Å². The Kier molecular flexibility index (Phi) is 4.36. The van der Waals surface area contributed by atoms with Gasteiger partial charge in [-0.05, 0) is 43.4 Å². The Hall–Kier alpha value is -1.26. The van der Waals surface area contributed by atoms with Gasteiger partial charge in [0, 0.05) is 12.1 Å². The number of hydrogen-bond donors (Lipinski definition) is 1. The molecule has 1 N–H and O–H groups in total. The maximum atomic E-state index is 5.94. The van der Waals surface area contributed by atoms with Crippen molar-refractivity contribution in [2.45, 2.75) is 56.9 Å². The third-order valence-electron chi connectivity index (χ3n) is 4.74. The summed E-state index contributed by atoms with van der Waals surface area (Å²) in [5.74, 6) is 1.57. The van der Waals surface area contributed by atoms with Gasteiger partial charge in [0.1, 0.15) is 0 Å². The molecule has 1 aromatic rings. The standard InChI is InChI=1S/C17H25NO3/c1-4-13(18-14-10-12-6-8-15(14)21-12)11-5-7-16(19-2)17(9-11)20-3/h5,7,9,12-15,18H,4,6,8,10H2,1-3H3. The lowest BCUT2D eigenvalue weighted by atomic mass is 9.93. The fourth-order valence-electron chi connectivity index (χ4n) is 3.59. The zero-order valence-corrected chi connectivity index (χ0v) is 13.1. The lowest BCUT2D eigenvalue weighted by Gasteiger charge is -2.27. The number of benzene rings is 1. The molecule has 0 aliphatic carbocycles. The average molecular weight is 291 g/mol. The SMILES string of the molecule is CCC(NC1CC2CCC1O2)c1ccc(OC)c(OC)c1. The highest BCUT2D eigenvalue weighted by Crippen LogP contribution is 2.37. The van der Waals surface area contributed by atoms with E-state index in [0.717, 1.165) is 24.3 Å². The smallest absolute Gasteiger partial charge is 0.161 e. The van der Waals surface area contributed by atoms with Gasteiger partial charge in [0.2, 0.25) is 0 Å². The van der Waals surface area contributed by atoms with Crippen molar-refractivity contribution in [3.8, 4) is 11.5 Å². The highest BCUT2D eigenvalue weighted by Gasteiger charge is 2.41. The van der Waals surface area contributed by atoms with Crippen LogP contribution in [0.15, 0.2) is 18.2 Å². The Labute approximate surface area is 126 Å². The van der Waals surface area contributed by atoms with Crippen LogP contribution in [0.1, 0.15) is 44.2 Å². The second kappa shape index (κ2) is 6.24. The van der Waals surface area contributed by atoms with E-state index in [0.29, 0.717) is 24.3 Å². The van der Waals surface area contributed by atoms with Crippen molar-refractivity contribution < 1.29 is 14.2 Å². The van der Waals surface area contributed by atoms with E-state index in [1.807, 2.05) is 6.07 Å². The van der Waals surface area contributed by atoms with Crippen LogP contribution in [0.4, 0.5) is 0 Å². The molecule has 2 saturated heterocycles. The van der Waals surface area contributed by atoms with Crippen LogP contribution in [0.5, 0.6) is 11.5 Å². The summed E-state index contributed by atoms with van der Waals surface area (Å²) in [4.78, 5) is 0. The van der Waals surface area contributed by atoms with Crippen molar-refractivity contribution in [3.63, 3.8) is 0 Å². The van der Waals surface area contributed by atoms with Crippen LogP contribution in [0.2, 0.25) is 0 Å². The highest BCUT2D eigenvalue weighted by molar-refractivity contribution is 5.43. The second-order valence-electron chi connectivity index (χ2n) is 5.96. The molecule has 2 aliphatic heterocycles. The predicted octanol–water partition coefficient (Wildman–Crippen LogP) is 3.06. The number of nitrogens with one attached hydrogen (secondary N) is 1. The Bertz CT molecular complexity index is 491. The van der Waals surface area contributed by atoms with Crippen LogP contribution in [-0.4, -0.2) is 32.5 Å². The minimum atomic E-state index is 0.331. The van der Waals surface area contributed by atoms with Gasteiger partial charge in [-0.1, -0.05) is 13.0 Å². The van der Waals surface area contributed by atoms with Gasteiger partial charge in [0.15, 0.2) is 11.5 Å². The first-order valence-electron chi connectivity index (χ1n) is 7.88. The fourth-order valence-corrected chi connectivity index (χ4v) is 3.59. The Morgan fingerprint density at radius 1 is 1.24 bits per heavy atom. The fraction of sp³-hybridized carbons (Fsp3) is 0.647. The quantitative estimate of drug-likeness (QED) is 0.874. The monoisotopic (exact) mass is 291 g/mol. The van der Waals surface area contributed by atoms with Crippen molar-refractivity contribution in [2.24, 2.45) is 0 Å². The Morgan fingerprint density at radius 2 is 2.05 bits per heavy atom. The topological polar surface area (TPSA) is 39.7 Å². The number of fused-ring (bicyclic) bond motifs is 2. The van der Waals surface area contributed by atoms with Crippen LogP contribution in [0.3, 0.4) is 0 Å². The van der Waals surface area contributed by atoms with E-state index >= 15 is 0 Å². The van der Waals surface area contributed by atoms with Gasteiger partial charge in [0.25, 0.3) is 0 Å². The molecule has 2 aliphatic rings. The van der Waals surface area contributed by atoms with Crippen LogP contribution in [0.25, 0.3) is 0 Å². The van der Waals surface area contributed by atoms with Crippen LogP contribution < -0.4 is 14.8 Å². The first-order valence-corrected chi connectivity index (χ1v) is 7.88. The van der Waals surface area contributed by atoms with Crippen molar-refractivity contribution in [3.05, 3.63) is 23.8 Å². The maximum absolute atomic E-state index is 5.94. The lowest BCUT2D eigenvalue weighted by Crippen LogP contribution is -2.39. The Morgan fingerprint density at radius 3 is 2.62 bits per heavy atom. The van der Waals surface area contributed by atoms with Crippen LogP contribution in [0, 0.1) is 0 Å². The molecule has 0 radical (unpaired) electrons. The lowest BCUT2D eigenvalue weighted by molar-refractivity contribution is 0.0959. The Balaban J connectivity index is 1.73. The van der Waals surface area contributed by atoms with Gasteiger partial charge in [0.05, 0.1) is 26.4 Å². The molecule has 0 saturated carbocycles. The van der Waals surface area contributed by atoms with Crippen molar-refractivity contribution in [2.75, 3.05) is 14.2 Å². The van der Waals surface area contributed by atoms with E-state index in [1.54, 1.807) is 14.2 Å². The zero-order valence-electron chi connectivity index (χ0n) is 13.1. The first kappa shape index (κ1) is 14.7. The highest BCUT2D eigenvalue weighted by atomic mass is 16.5. The van der Waals surface area contributed by atoms with E-state index in [2.05, 4.69) is 24.4 Å². The molecule has 2 bridgehead atoms. The number of ether oxygens (including phenoxy) is 3. The van der Waals surface area contributed by atoms with Gasteiger partial charge in [-0.15, -0.1) is 0 Å². The first-order chi connectivity index (χ1) is 10.2. The molecule has 21 heavy (non-hydrogen) atoms. The normalized spacial score (nSPS) is 28.6. The molecular weight excluding hydrogens is 266 g/mol. The van der Waals surface area contributed by atoms with Gasteiger partial charge in [-0.25, -0.2) is 0 Å². The minimum Gasteiger partial charge on any atom is -0.493 e.